The highest BCUT2D eigenvalue weighted by Gasteiger charge is 2.42. The van der Waals surface area contributed by atoms with Crippen molar-refractivity contribution in [1.82, 2.24) is 19.8 Å². The number of carbonyl (C=O) groups excluding carboxylic acids is 1. The lowest BCUT2D eigenvalue weighted by molar-refractivity contribution is -0.131. The molecule has 210 valence electrons. The molecule has 1 amide bonds. The van der Waals surface area contributed by atoms with Gasteiger partial charge in [-0.2, -0.15) is 8.78 Å². The van der Waals surface area contributed by atoms with Gasteiger partial charge in [-0.1, -0.05) is 36.4 Å². The number of ether oxygens (including phenoxy) is 1. The van der Waals surface area contributed by atoms with Gasteiger partial charge in [0.1, 0.15) is 0 Å². The van der Waals surface area contributed by atoms with Gasteiger partial charge in [0, 0.05) is 38.6 Å². The van der Waals surface area contributed by atoms with Crippen LogP contribution in [-0.4, -0.2) is 58.4 Å². The largest absolute Gasteiger partial charge is 0.365 e. The predicted molar refractivity (Wildman–Crippen MR) is 150 cm³/mol. The molecule has 2 aliphatic rings. The monoisotopic (exact) mass is 546 g/mol. The first-order valence-electron chi connectivity index (χ1n) is 14.0. The molecule has 1 spiro atoms. The van der Waals surface area contributed by atoms with E-state index in [9.17, 15) is 13.6 Å². The van der Waals surface area contributed by atoms with Crippen molar-refractivity contribution in [3.05, 3.63) is 107 Å². The number of likely N-dealkylation sites (tertiary alicyclic amines) is 1. The van der Waals surface area contributed by atoms with Crippen molar-refractivity contribution in [2.24, 2.45) is 0 Å². The van der Waals surface area contributed by atoms with Crippen LogP contribution >= 0.6 is 0 Å². The second-order valence-corrected chi connectivity index (χ2v) is 10.6. The first-order chi connectivity index (χ1) is 19.4. The van der Waals surface area contributed by atoms with Crippen LogP contribution in [0.1, 0.15) is 59.9 Å². The number of hydrogen-bond acceptors (Lipinski definition) is 5. The van der Waals surface area contributed by atoms with Crippen molar-refractivity contribution < 1.29 is 18.3 Å². The number of fused-ring (bicyclic) bond motifs is 2. The minimum atomic E-state index is -0.735. The molecule has 0 saturated carbocycles. The smallest absolute Gasteiger partial charge is 0.234 e. The van der Waals surface area contributed by atoms with E-state index in [4.69, 9.17) is 4.74 Å². The fraction of sp³-hybridized carbons (Fsp3) is 0.406. The number of rotatable bonds is 10. The van der Waals surface area contributed by atoms with Gasteiger partial charge in [0.2, 0.25) is 17.8 Å². The van der Waals surface area contributed by atoms with E-state index in [-0.39, 0.29) is 11.5 Å². The predicted octanol–water partition coefficient (Wildman–Crippen LogP) is 5.38. The summed E-state index contributed by atoms with van der Waals surface area (Å²) in [7, 11) is 0. The van der Waals surface area contributed by atoms with Gasteiger partial charge in [-0.05, 0) is 79.1 Å². The van der Waals surface area contributed by atoms with Crippen LogP contribution in [0.4, 0.5) is 8.78 Å². The van der Waals surface area contributed by atoms with Gasteiger partial charge in [-0.25, -0.2) is 9.97 Å². The van der Waals surface area contributed by atoms with E-state index in [2.05, 4.69) is 39.6 Å². The van der Waals surface area contributed by atoms with E-state index in [0.717, 1.165) is 45.3 Å². The maximum Gasteiger partial charge on any atom is 0.234 e. The molecule has 0 bridgehead atoms. The molecule has 0 aliphatic carbocycles. The molecule has 1 saturated heterocycles. The van der Waals surface area contributed by atoms with E-state index in [1.165, 1.54) is 41.2 Å². The lowest BCUT2D eigenvalue weighted by Crippen LogP contribution is -2.44. The van der Waals surface area contributed by atoms with Crippen LogP contribution in [-0.2, 0) is 28.2 Å². The average Bonchev–Trinajstić information content (AvgIpc) is 3.31. The van der Waals surface area contributed by atoms with E-state index < -0.39 is 17.8 Å². The first kappa shape index (κ1) is 28.1. The molecule has 2 aliphatic heterocycles. The summed E-state index contributed by atoms with van der Waals surface area (Å²) in [6.07, 6.45) is 8.25. The number of likely N-dealkylation sites (N-methyl/N-ethyl adjacent to an activating group) is 1. The molecule has 3 aromatic rings. The number of nitrogens with zero attached hydrogens (tertiary/aromatic N) is 4. The van der Waals surface area contributed by atoms with Gasteiger partial charge in [-0.3, -0.25) is 4.79 Å². The van der Waals surface area contributed by atoms with Crippen molar-refractivity contribution in [3.63, 3.8) is 0 Å². The number of piperidine rings is 1. The normalized spacial score (nSPS) is 16.3. The summed E-state index contributed by atoms with van der Waals surface area (Å²) in [6, 6.07) is 12.2. The third-order valence-corrected chi connectivity index (χ3v) is 8.22. The molecule has 2 aromatic heterocycles. The minimum absolute atomic E-state index is 0.131. The highest BCUT2D eigenvalue weighted by atomic mass is 19.1. The average molecular weight is 547 g/mol. The van der Waals surface area contributed by atoms with Gasteiger partial charge < -0.3 is 14.5 Å². The summed E-state index contributed by atoms with van der Waals surface area (Å²) in [6.45, 7) is 10.4. The quantitative estimate of drug-likeness (QED) is 0.253. The lowest BCUT2D eigenvalue weighted by atomic mass is 9.83. The summed E-state index contributed by atoms with van der Waals surface area (Å²) >= 11 is 0. The van der Waals surface area contributed by atoms with Crippen LogP contribution in [0, 0.1) is 11.9 Å². The van der Waals surface area contributed by atoms with Crippen LogP contribution in [0.15, 0.2) is 67.5 Å². The van der Waals surface area contributed by atoms with Crippen LogP contribution < -0.4 is 0 Å². The van der Waals surface area contributed by atoms with E-state index in [1.54, 1.807) is 17.0 Å². The van der Waals surface area contributed by atoms with E-state index >= 15 is 0 Å². The third kappa shape index (κ3) is 5.98. The molecule has 40 heavy (non-hydrogen) atoms. The number of aromatic nitrogens is 2. The second-order valence-electron chi connectivity index (χ2n) is 10.6. The molecular weight excluding hydrogens is 510 g/mol. The Labute approximate surface area is 234 Å². The van der Waals surface area contributed by atoms with Gasteiger partial charge in [0.25, 0.3) is 0 Å². The number of halogens is 2. The Balaban J connectivity index is 1.20. The number of allylic oxidation sites excluding steroid dienone is 1. The molecule has 8 heteroatoms. The van der Waals surface area contributed by atoms with Crippen molar-refractivity contribution in [2.45, 2.75) is 50.7 Å². The SMILES string of the molecule is C=CCc1ccc2c(c1)C1(CCN(CCCN(CC)C(=O)C(c3ccc(F)nc3)c3ccc(F)nc3)CC1)OC2. The maximum absolute atomic E-state index is 13.7. The van der Waals surface area contributed by atoms with Gasteiger partial charge in [0.05, 0.1) is 18.1 Å². The van der Waals surface area contributed by atoms with Crippen molar-refractivity contribution in [2.75, 3.05) is 32.7 Å². The number of carbonyl (C=O) groups is 1. The zero-order chi connectivity index (χ0) is 28.1. The van der Waals surface area contributed by atoms with Gasteiger partial charge >= 0.3 is 0 Å². The molecule has 5 rings (SSSR count). The summed E-state index contributed by atoms with van der Waals surface area (Å²) in [4.78, 5) is 25.5. The topological polar surface area (TPSA) is 58.6 Å². The van der Waals surface area contributed by atoms with Crippen LogP contribution in [0.25, 0.3) is 0 Å². The van der Waals surface area contributed by atoms with Gasteiger partial charge in [0.15, 0.2) is 0 Å². The molecule has 0 radical (unpaired) electrons. The standard InChI is InChI=1S/C32H36F2N4O2/c1-3-6-23-7-8-26-22-40-32(27(26)19-23)13-17-37(18-14-32)15-5-16-38(4-2)31(39)30(24-9-11-28(33)35-20-24)25-10-12-29(34)36-21-25/h3,7-12,19-21,30H,1,4-6,13-18,22H2,2H3. The Bertz CT molecular complexity index is 1280. The molecule has 1 fully saturated rings. The minimum Gasteiger partial charge on any atom is -0.365 e. The fourth-order valence-corrected chi connectivity index (χ4v) is 6.00. The molecule has 1 aromatic carbocycles. The van der Waals surface area contributed by atoms with Crippen molar-refractivity contribution in [1.29, 1.82) is 0 Å². The van der Waals surface area contributed by atoms with E-state index in [0.29, 0.717) is 30.8 Å². The zero-order valence-electron chi connectivity index (χ0n) is 23.0. The number of amides is 1. The molecule has 0 unspecified atom stereocenters. The van der Waals surface area contributed by atoms with Crippen LogP contribution in [0.5, 0.6) is 0 Å². The maximum atomic E-state index is 13.7. The van der Waals surface area contributed by atoms with Crippen molar-refractivity contribution >= 4 is 5.91 Å². The molecule has 0 atom stereocenters. The number of pyridine rings is 2. The van der Waals surface area contributed by atoms with Gasteiger partial charge in [-0.15, -0.1) is 6.58 Å². The molecular formula is C32H36F2N4O2. The highest BCUT2D eigenvalue weighted by Crippen LogP contribution is 2.44. The fourth-order valence-electron chi connectivity index (χ4n) is 6.00. The summed E-state index contributed by atoms with van der Waals surface area (Å²) in [5.41, 5.74) is 4.80. The lowest BCUT2D eigenvalue weighted by Gasteiger charge is -2.39. The molecule has 4 heterocycles. The Morgan fingerprint density at radius 1 is 1.10 bits per heavy atom. The molecule has 6 nitrogen and oxygen atoms in total. The third-order valence-electron chi connectivity index (χ3n) is 8.22. The molecule has 0 N–H and O–H groups in total. The summed E-state index contributed by atoms with van der Waals surface area (Å²) in [5.74, 6) is -2.10. The van der Waals surface area contributed by atoms with Crippen LogP contribution in [0.2, 0.25) is 0 Å². The summed E-state index contributed by atoms with van der Waals surface area (Å²) < 4.78 is 33.4. The highest BCUT2D eigenvalue weighted by molar-refractivity contribution is 5.87. The first-order valence-corrected chi connectivity index (χ1v) is 14.0. The Kier molecular flexibility index (Phi) is 8.66. The Morgan fingerprint density at radius 3 is 2.35 bits per heavy atom. The Morgan fingerprint density at radius 2 is 1.77 bits per heavy atom. The Hall–Kier alpha value is -3.49. The number of hydrogen-bond donors (Lipinski definition) is 0. The van der Waals surface area contributed by atoms with E-state index in [1.807, 2.05) is 13.0 Å². The summed E-state index contributed by atoms with van der Waals surface area (Å²) in [5, 5.41) is 0. The van der Waals surface area contributed by atoms with Crippen LogP contribution in [0.3, 0.4) is 0 Å². The number of benzene rings is 1. The zero-order valence-corrected chi connectivity index (χ0v) is 23.0. The van der Waals surface area contributed by atoms with Crippen molar-refractivity contribution in [3.8, 4) is 0 Å². The second kappa shape index (κ2) is 12.4.